The van der Waals surface area contributed by atoms with Crippen molar-refractivity contribution in [3.05, 3.63) is 59.9 Å². The van der Waals surface area contributed by atoms with Crippen LogP contribution in [0.25, 0.3) is 11.0 Å². The van der Waals surface area contributed by atoms with Crippen LogP contribution < -0.4 is 0 Å². The fourth-order valence-electron chi connectivity index (χ4n) is 3.23. The van der Waals surface area contributed by atoms with Gasteiger partial charge in [-0.2, -0.15) is 0 Å². The van der Waals surface area contributed by atoms with Crippen molar-refractivity contribution in [3.8, 4) is 0 Å². The van der Waals surface area contributed by atoms with E-state index in [0.29, 0.717) is 6.04 Å². The maximum absolute atomic E-state index is 13.3. The molecule has 0 radical (unpaired) electrons. The summed E-state index contributed by atoms with van der Waals surface area (Å²) in [6.45, 7) is 1.77. The van der Waals surface area contributed by atoms with E-state index in [1.807, 2.05) is 18.3 Å². The van der Waals surface area contributed by atoms with Crippen molar-refractivity contribution >= 4 is 11.0 Å². The normalized spacial score (nSPS) is 19.0. The van der Waals surface area contributed by atoms with Gasteiger partial charge in [-0.05, 0) is 49.7 Å². The Labute approximate surface area is 128 Å². The Morgan fingerprint density at radius 1 is 1.27 bits per heavy atom. The molecule has 1 aromatic carbocycles. The van der Waals surface area contributed by atoms with E-state index >= 15 is 0 Å². The highest BCUT2D eigenvalue weighted by atomic mass is 19.1. The first-order chi connectivity index (χ1) is 10.8. The van der Waals surface area contributed by atoms with Crippen LogP contribution in [0.15, 0.2) is 42.6 Å². The summed E-state index contributed by atoms with van der Waals surface area (Å²) < 4.78 is 13.3. The number of H-pyrrole nitrogens is 1. The summed E-state index contributed by atoms with van der Waals surface area (Å²) in [5.74, 6) is 0.638. The zero-order valence-electron chi connectivity index (χ0n) is 12.2. The second-order valence-corrected chi connectivity index (χ2v) is 5.73. The lowest BCUT2D eigenvalue weighted by Crippen LogP contribution is -2.24. The van der Waals surface area contributed by atoms with Gasteiger partial charge in [0.2, 0.25) is 0 Å². The van der Waals surface area contributed by atoms with Crippen molar-refractivity contribution in [3.63, 3.8) is 0 Å². The van der Waals surface area contributed by atoms with Crippen LogP contribution in [0.3, 0.4) is 0 Å². The zero-order valence-corrected chi connectivity index (χ0v) is 12.2. The predicted molar refractivity (Wildman–Crippen MR) is 82.7 cm³/mol. The number of nitrogens with zero attached hydrogens (tertiary/aromatic N) is 3. The highest BCUT2D eigenvalue weighted by molar-refractivity contribution is 5.74. The number of likely N-dealkylation sites (tertiary alicyclic amines) is 1. The minimum Gasteiger partial charge on any atom is -0.341 e. The number of hydrogen-bond acceptors (Lipinski definition) is 3. The van der Waals surface area contributed by atoms with Gasteiger partial charge in [-0.25, -0.2) is 9.37 Å². The molecule has 0 aliphatic carbocycles. The second kappa shape index (κ2) is 5.50. The molecular weight excluding hydrogens is 279 g/mol. The monoisotopic (exact) mass is 296 g/mol. The van der Waals surface area contributed by atoms with Crippen LogP contribution in [0.1, 0.15) is 30.4 Å². The molecule has 4 rings (SSSR count). The van der Waals surface area contributed by atoms with E-state index in [1.165, 1.54) is 12.1 Å². The van der Waals surface area contributed by atoms with E-state index in [0.717, 1.165) is 48.5 Å². The van der Waals surface area contributed by atoms with Crippen molar-refractivity contribution in [1.82, 2.24) is 19.9 Å². The van der Waals surface area contributed by atoms with Gasteiger partial charge < -0.3 is 4.98 Å². The topological polar surface area (TPSA) is 44.8 Å². The maximum atomic E-state index is 13.3. The van der Waals surface area contributed by atoms with E-state index in [4.69, 9.17) is 0 Å². The van der Waals surface area contributed by atoms with Crippen LogP contribution >= 0.6 is 0 Å². The smallest absolute Gasteiger partial charge is 0.125 e. The Kier molecular flexibility index (Phi) is 3.35. The molecule has 0 amide bonds. The van der Waals surface area contributed by atoms with Gasteiger partial charge in [0, 0.05) is 6.20 Å². The van der Waals surface area contributed by atoms with Crippen molar-refractivity contribution in [2.24, 2.45) is 0 Å². The Morgan fingerprint density at radius 3 is 3.09 bits per heavy atom. The minimum atomic E-state index is -0.241. The van der Waals surface area contributed by atoms with Crippen LogP contribution in [0.4, 0.5) is 4.39 Å². The SMILES string of the molecule is Fc1ccc2nc(CN3CCC[C@H]3c3ccccn3)[nH]c2c1. The lowest BCUT2D eigenvalue weighted by molar-refractivity contribution is 0.239. The first kappa shape index (κ1) is 13.4. The first-order valence-corrected chi connectivity index (χ1v) is 7.59. The van der Waals surface area contributed by atoms with Gasteiger partial charge in [-0.1, -0.05) is 6.07 Å². The molecule has 1 aliphatic heterocycles. The molecule has 5 heteroatoms. The number of benzene rings is 1. The number of halogens is 1. The number of imidazole rings is 1. The molecule has 0 spiro atoms. The molecule has 1 aliphatic rings. The molecule has 1 fully saturated rings. The van der Waals surface area contributed by atoms with Crippen molar-refractivity contribution in [1.29, 1.82) is 0 Å². The fourth-order valence-corrected chi connectivity index (χ4v) is 3.23. The summed E-state index contributed by atoms with van der Waals surface area (Å²) in [7, 11) is 0. The molecule has 1 saturated heterocycles. The quantitative estimate of drug-likeness (QED) is 0.805. The summed E-state index contributed by atoms with van der Waals surface area (Å²) in [6, 6.07) is 11.0. The molecule has 3 aromatic rings. The van der Waals surface area contributed by atoms with Gasteiger partial charge in [0.05, 0.1) is 29.3 Å². The molecular formula is C17H17FN4. The number of pyridine rings is 1. The largest absolute Gasteiger partial charge is 0.341 e. The number of aromatic nitrogens is 3. The molecule has 0 bridgehead atoms. The third-order valence-electron chi connectivity index (χ3n) is 4.24. The third kappa shape index (κ3) is 2.48. The molecule has 22 heavy (non-hydrogen) atoms. The van der Waals surface area contributed by atoms with Crippen LogP contribution in [0, 0.1) is 5.82 Å². The Morgan fingerprint density at radius 2 is 2.23 bits per heavy atom. The summed E-state index contributed by atoms with van der Waals surface area (Å²) in [4.78, 5) is 14.7. The number of fused-ring (bicyclic) bond motifs is 1. The zero-order chi connectivity index (χ0) is 14.9. The van der Waals surface area contributed by atoms with Gasteiger partial charge in [0.1, 0.15) is 11.6 Å². The Hall–Kier alpha value is -2.27. The average Bonchev–Trinajstić information content (AvgIpc) is 3.14. The Balaban J connectivity index is 1.58. The van der Waals surface area contributed by atoms with E-state index in [2.05, 4.69) is 25.9 Å². The molecule has 2 aromatic heterocycles. The highest BCUT2D eigenvalue weighted by Crippen LogP contribution is 2.31. The fraction of sp³-hybridized carbons (Fsp3) is 0.294. The highest BCUT2D eigenvalue weighted by Gasteiger charge is 2.27. The Bertz CT molecular complexity index is 784. The summed E-state index contributed by atoms with van der Waals surface area (Å²) in [5, 5.41) is 0. The molecule has 0 unspecified atom stereocenters. The van der Waals surface area contributed by atoms with Gasteiger partial charge in [0.25, 0.3) is 0 Å². The third-order valence-corrected chi connectivity index (χ3v) is 4.24. The number of hydrogen-bond donors (Lipinski definition) is 1. The average molecular weight is 296 g/mol. The minimum absolute atomic E-state index is 0.241. The van der Waals surface area contributed by atoms with Gasteiger partial charge >= 0.3 is 0 Å². The van der Waals surface area contributed by atoms with E-state index in [1.54, 1.807) is 6.07 Å². The van der Waals surface area contributed by atoms with Gasteiger partial charge in [0.15, 0.2) is 0 Å². The number of rotatable bonds is 3. The van der Waals surface area contributed by atoms with E-state index < -0.39 is 0 Å². The molecule has 112 valence electrons. The predicted octanol–water partition coefficient (Wildman–Crippen LogP) is 3.43. The summed E-state index contributed by atoms with van der Waals surface area (Å²) >= 11 is 0. The summed E-state index contributed by atoms with van der Waals surface area (Å²) in [6.07, 6.45) is 4.12. The van der Waals surface area contributed by atoms with Gasteiger partial charge in [-0.15, -0.1) is 0 Å². The maximum Gasteiger partial charge on any atom is 0.125 e. The standard InChI is InChI=1S/C17H17FN4/c18-12-6-7-13-15(10-12)21-17(20-13)11-22-9-3-5-16(22)14-4-1-2-8-19-14/h1-2,4,6-8,10,16H,3,5,9,11H2,(H,20,21)/t16-/m0/s1. The second-order valence-electron chi connectivity index (χ2n) is 5.73. The van der Waals surface area contributed by atoms with Crippen LogP contribution in [0.5, 0.6) is 0 Å². The van der Waals surface area contributed by atoms with Crippen molar-refractivity contribution < 1.29 is 4.39 Å². The lowest BCUT2D eigenvalue weighted by Gasteiger charge is -2.22. The van der Waals surface area contributed by atoms with Crippen molar-refractivity contribution in [2.75, 3.05) is 6.54 Å². The molecule has 1 atom stereocenters. The molecule has 4 nitrogen and oxygen atoms in total. The molecule has 3 heterocycles. The number of aromatic amines is 1. The van der Waals surface area contributed by atoms with Crippen molar-refractivity contribution in [2.45, 2.75) is 25.4 Å². The summed E-state index contributed by atoms with van der Waals surface area (Å²) in [5.41, 5.74) is 2.68. The van der Waals surface area contributed by atoms with Crippen LogP contribution in [-0.2, 0) is 6.54 Å². The molecule has 0 saturated carbocycles. The van der Waals surface area contributed by atoms with E-state index in [9.17, 15) is 4.39 Å². The van der Waals surface area contributed by atoms with Crippen LogP contribution in [0.2, 0.25) is 0 Å². The number of nitrogens with one attached hydrogen (secondary N) is 1. The van der Waals surface area contributed by atoms with Crippen LogP contribution in [-0.4, -0.2) is 26.4 Å². The molecule has 1 N–H and O–H groups in total. The first-order valence-electron chi connectivity index (χ1n) is 7.59. The van der Waals surface area contributed by atoms with E-state index in [-0.39, 0.29) is 5.82 Å². The lowest BCUT2D eigenvalue weighted by atomic mass is 10.1. The van der Waals surface area contributed by atoms with Gasteiger partial charge in [-0.3, -0.25) is 9.88 Å².